The Bertz CT molecular complexity index is 521. The molecular formula is C19H24O2. The largest absolute Gasteiger partial charge is 0.458 e. The average molecular weight is 284 g/mol. The van der Waals surface area contributed by atoms with Gasteiger partial charge in [-0.1, -0.05) is 33.1 Å². The molecule has 0 amide bonds. The van der Waals surface area contributed by atoms with Gasteiger partial charge in [-0.15, -0.1) is 6.42 Å². The zero-order valence-electron chi connectivity index (χ0n) is 13.1. The highest BCUT2D eigenvalue weighted by Crippen LogP contribution is 2.35. The van der Waals surface area contributed by atoms with Gasteiger partial charge in [-0.25, -0.2) is 4.79 Å². The summed E-state index contributed by atoms with van der Waals surface area (Å²) in [5, 5.41) is 0. The van der Waals surface area contributed by atoms with Crippen molar-refractivity contribution in [1.29, 1.82) is 0 Å². The standard InChI is InChI=1S/C19H24O2/c1-5-15-7-9-16(10-8-15)19(20)21-18-12-14(4)6-11-17(18)13(2)3/h1,7-10,13-14,17-18H,6,11-12H2,2-4H3/t14-,17+,18-/m1/s1. The number of ether oxygens (including phenoxy) is 1. The van der Waals surface area contributed by atoms with Crippen LogP contribution in [0.15, 0.2) is 24.3 Å². The molecule has 1 aliphatic carbocycles. The van der Waals surface area contributed by atoms with Crippen LogP contribution in [0.25, 0.3) is 0 Å². The normalized spacial score (nSPS) is 25.4. The summed E-state index contributed by atoms with van der Waals surface area (Å²) in [6.07, 6.45) is 8.71. The van der Waals surface area contributed by atoms with Crippen LogP contribution in [0.5, 0.6) is 0 Å². The quantitative estimate of drug-likeness (QED) is 0.611. The van der Waals surface area contributed by atoms with E-state index in [1.54, 1.807) is 24.3 Å². The molecule has 0 radical (unpaired) electrons. The first-order chi connectivity index (χ1) is 10.0. The zero-order chi connectivity index (χ0) is 15.4. The maximum absolute atomic E-state index is 12.3. The molecule has 21 heavy (non-hydrogen) atoms. The molecule has 0 N–H and O–H groups in total. The Morgan fingerprint density at radius 3 is 2.52 bits per heavy atom. The summed E-state index contributed by atoms with van der Waals surface area (Å²) in [4.78, 5) is 12.3. The van der Waals surface area contributed by atoms with E-state index in [-0.39, 0.29) is 12.1 Å². The van der Waals surface area contributed by atoms with E-state index >= 15 is 0 Å². The number of carbonyl (C=O) groups is 1. The number of terminal acetylenes is 1. The van der Waals surface area contributed by atoms with Crippen molar-refractivity contribution in [3.05, 3.63) is 35.4 Å². The molecule has 2 nitrogen and oxygen atoms in total. The van der Waals surface area contributed by atoms with Gasteiger partial charge >= 0.3 is 5.97 Å². The molecule has 1 aliphatic rings. The Labute approximate surface area is 127 Å². The van der Waals surface area contributed by atoms with Crippen LogP contribution in [0.1, 0.15) is 56.0 Å². The number of carbonyl (C=O) groups excluding carboxylic acids is 1. The summed E-state index contributed by atoms with van der Waals surface area (Å²) in [5.41, 5.74) is 1.35. The molecule has 3 atom stereocenters. The van der Waals surface area contributed by atoms with Gasteiger partial charge in [0.25, 0.3) is 0 Å². The third-order valence-corrected chi connectivity index (χ3v) is 4.51. The summed E-state index contributed by atoms with van der Waals surface area (Å²) in [6, 6.07) is 7.04. The van der Waals surface area contributed by atoms with Crippen LogP contribution in [0.4, 0.5) is 0 Å². The molecule has 1 aromatic carbocycles. The van der Waals surface area contributed by atoms with Gasteiger partial charge in [0.2, 0.25) is 0 Å². The predicted molar refractivity (Wildman–Crippen MR) is 84.9 cm³/mol. The lowest BCUT2D eigenvalue weighted by Crippen LogP contribution is -2.35. The molecule has 2 rings (SSSR count). The fourth-order valence-corrected chi connectivity index (χ4v) is 3.16. The zero-order valence-corrected chi connectivity index (χ0v) is 13.1. The van der Waals surface area contributed by atoms with Gasteiger partial charge < -0.3 is 4.74 Å². The lowest BCUT2D eigenvalue weighted by molar-refractivity contribution is -0.0174. The highest BCUT2D eigenvalue weighted by atomic mass is 16.5. The summed E-state index contributed by atoms with van der Waals surface area (Å²) in [7, 11) is 0. The van der Waals surface area contributed by atoms with Crippen LogP contribution in [-0.2, 0) is 4.74 Å². The van der Waals surface area contributed by atoms with E-state index in [1.807, 2.05) is 0 Å². The number of esters is 1. The molecule has 0 aliphatic heterocycles. The Kier molecular flexibility index (Phi) is 5.07. The Morgan fingerprint density at radius 2 is 1.95 bits per heavy atom. The second kappa shape index (κ2) is 6.80. The molecule has 0 bridgehead atoms. The summed E-state index contributed by atoms with van der Waals surface area (Å²) in [5.74, 6) is 3.95. The van der Waals surface area contributed by atoms with Gasteiger partial charge in [0, 0.05) is 5.56 Å². The maximum Gasteiger partial charge on any atom is 0.338 e. The second-order valence-corrected chi connectivity index (χ2v) is 6.49. The molecule has 0 aromatic heterocycles. The number of rotatable bonds is 3. The van der Waals surface area contributed by atoms with Crippen LogP contribution in [0.3, 0.4) is 0 Å². The van der Waals surface area contributed by atoms with Crippen molar-refractivity contribution in [2.75, 3.05) is 0 Å². The van der Waals surface area contributed by atoms with Gasteiger partial charge in [0.1, 0.15) is 6.10 Å². The maximum atomic E-state index is 12.3. The molecule has 2 heteroatoms. The fraction of sp³-hybridized carbons (Fsp3) is 0.526. The highest BCUT2D eigenvalue weighted by Gasteiger charge is 2.33. The number of benzene rings is 1. The van der Waals surface area contributed by atoms with Crippen LogP contribution in [0, 0.1) is 30.1 Å². The first-order valence-corrected chi connectivity index (χ1v) is 7.79. The van der Waals surface area contributed by atoms with Gasteiger partial charge in [0.05, 0.1) is 5.56 Å². The van der Waals surface area contributed by atoms with E-state index < -0.39 is 0 Å². The molecule has 1 saturated carbocycles. The van der Waals surface area contributed by atoms with Crippen molar-refractivity contribution in [2.45, 2.75) is 46.1 Å². The summed E-state index contributed by atoms with van der Waals surface area (Å²) < 4.78 is 5.80. The van der Waals surface area contributed by atoms with E-state index in [0.29, 0.717) is 23.3 Å². The summed E-state index contributed by atoms with van der Waals surface area (Å²) >= 11 is 0. The minimum absolute atomic E-state index is 0.0357. The predicted octanol–water partition coefficient (Wildman–Crippen LogP) is 4.29. The van der Waals surface area contributed by atoms with Gasteiger partial charge in [0.15, 0.2) is 0 Å². The SMILES string of the molecule is C#Cc1ccc(C(=O)O[C@@H]2C[C@H](C)CC[C@H]2C(C)C)cc1. The molecule has 0 saturated heterocycles. The third-order valence-electron chi connectivity index (χ3n) is 4.51. The monoisotopic (exact) mass is 284 g/mol. The van der Waals surface area contributed by atoms with Crippen molar-refractivity contribution in [1.82, 2.24) is 0 Å². The first-order valence-electron chi connectivity index (χ1n) is 7.79. The van der Waals surface area contributed by atoms with Crippen molar-refractivity contribution in [3.8, 4) is 12.3 Å². The molecule has 0 unspecified atom stereocenters. The molecule has 0 spiro atoms. The molecule has 0 heterocycles. The van der Waals surface area contributed by atoms with E-state index in [0.717, 1.165) is 18.4 Å². The highest BCUT2D eigenvalue weighted by molar-refractivity contribution is 5.89. The Balaban J connectivity index is 2.07. The smallest absolute Gasteiger partial charge is 0.338 e. The van der Waals surface area contributed by atoms with E-state index in [2.05, 4.69) is 26.7 Å². The van der Waals surface area contributed by atoms with Crippen molar-refractivity contribution >= 4 is 5.97 Å². The molecular weight excluding hydrogens is 260 g/mol. The second-order valence-electron chi connectivity index (χ2n) is 6.49. The molecule has 1 fully saturated rings. The van der Waals surface area contributed by atoms with E-state index in [9.17, 15) is 4.79 Å². The van der Waals surface area contributed by atoms with Crippen molar-refractivity contribution in [2.24, 2.45) is 17.8 Å². The Hall–Kier alpha value is -1.75. The van der Waals surface area contributed by atoms with Gasteiger partial charge in [-0.05, 0) is 54.9 Å². The van der Waals surface area contributed by atoms with Crippen LogP contribution in [-0.4, -0.2) is 12.1 Å². The van der Waals surface area contributed by atoms with E-state index in [1.165, 1.54) is 6.42 Å². The lowest BCUT2D eigenvalue weighted by atomic mass is 9.75. The number of hydrogen-bond donors (Lipinski definition) is 0. The average Bonchev–Trinajstić information content (AvgIpc) is 2.47. The van der Waals surface area contributed by atoms with E-state index in [4.69, 9.17) is 11.2 Å². The lowest BCUT2D eigenvalue weighted by Gasteiger charge is -2.36. The number of hydrogen-bond acceptors (Lipinski definition) is 2. The minimum Gasteiger partial charge on any atom is -0.458 e. The first kappa shape index (κ1) is 15.6. The van der Waals surface area contributed by atoms with Crippen LogP contribution < -0.4 is 0 Å². The molecule has 1 aromatic rings. The van der Waals surface area contributed by atoms with Crippen molar-refractivity contribution in [3.63, 3.8) is 0 Å². The summed E-state index contributed by atoms with van der Waals surface area (Å²) in [6.45, 7) is 6.66. The van der Waals surface area contributed by atoms with Gasteiger partial charge in [-0.3, -0.25) is 0 Å². The molecule has 112 valence electrons. The Morgan fingerprint density at radius 1 is 1.29 bits per heavy atom. The van der Waals surface area contributed by atoms with Crippen LogP contribution >= 0.6 is 0 Å². The fourth-order valence-electron chi connectivity index (χ4n) is 3.16. The van der Waals surface area contributed by atoms with Crippen LogP contribution in [0.2, 0.25) is 0 Å². The third kappa shape index (κ3) is 3.88. The van der Waals surface area contributed by atoms with Crippen molar-refractivity contribution < 1.29 is 9.53 Å². The minimum atomic E-state index is -0.233. The topological polar surface area (TPSA) is 26.3 Å². The van der Waals surface area contributed by atoms with Gasteiger partial charge in [-0.2, -0.15) is 0 Å².